The van der Waals surface area contributed by atoms with Crippen LogP contribution in [0.2, 0.25) is 0 Å². The molecular formula is C33H48N10O9S. The predicted octanol–water partition coefficient (Wildman–Crippen LogP) is -1.43. The lowest BCUT2D eigenvalue weighted by Crippen LogP contribution is -2.49. The van der Waals surface area contributed by atoms with Crippen LogP contribution in [0.3, 0.4) is 0 Å². The number of aromatic nitrogens is 3. The Morgan fingerprint density at radius 3 is 1.74 bits per heavy atom. The van der Waals surface area contributed by atoms with Crippen LogP contribution in [0.5, 0.6) is 0 Å². The molecule has 1 aliphatic rings. The van der Waals surface area contributed by atoms with E-state index in [1.165, 1.54) is 4.68 Å². The molecule has 0 saturated carbocycles. The summed E-state index contributed by atoms with van der Waals surface area (Å²) in [6, 6.07) is 10.7. The second kappa shape index (κ2) is 19.4. The molecule has 20 heteroatoms. The second-order valence-corrected chi connectivity index (χ2v) is 14.7. The van der Waals surface area contributed by atoms with Gasteiger partial charge in [-0.2, -0.15) is 0 Å². The van der Waals surface area contributed by atoms with E-state index in [4.69, 9.17) is 0 Å². The number of amides is 1. The first-order chi connectivity index (χ1) is 25.2. The van der Waals surface area contributed by atoms with Crippen LogP contribution >= 0.6 is 0 Å². The molecule has 5 N–H and O–H groups in total. The lowest BCUT2D eigenvalue weighted by molar-refractivity contribution is -0.140. The highest BCUT2D eigenvalue weighted by molar-refractivity contribution is 7.89. The van der Waals surface area contributed by atoms with Crippen LogP contribution in [0, 0.1) is 0 Å². The first-order valence-electron chi connectivity index (χ1n) is 17.1. The average molecular weight is 761 g/mol. The van der Waals surface area contributed by atoms with Gasteiger partial charge in [0.15, 0.2) is 0 Å². The molecule has 1 aromatic heterocycles. The zero-order chi connectivity index (χ0) is 38.5. The molecule has 1 fully saturated rings. The lowest BCUT2D eigenvalue weighted by atomic mass is 10.1. The van der Waals surface area contributed by atoms with E-state index >= 15 is 0 Å². The van der Waals surface area contributed by atoms with E-state index in [-0.39, 0.29) is 95.9 Å². The summed E-state index contributed by atoms with van der Waals surface area (Å²) in [4.78, 5) is 56.4. The van der Waals surface area contributed by atoms with Gasteiger partial charge in [-0.05, 0) is 12.1 Å². The number of sulfonamides is 1. The molecule has 290 valence electrons. The summed E-state index contributed by atoms with van der Waals surface area (Å²) in [7, 11) is -0.0563. The lowest BCUT2D eigenvalue weighted by Gasteiger charge is -2.32. The van der Waals surface area contributed by atoms with E-state index in [1.54, 1.807) is 39.1 Å². The molecule has 19 nitrogen and oxygen atoms in total. The number of nitrogens with zero attached hydrogens (tertiary/aromatic N) is 8. The molecule has 3 aromatic rings. The zero-order valence-corrected chi connectivity index (χ0v) is 30.7. The van der Waals surface area contributed by atoms with Crippen molar-refractivity contribution in [3.8, 4) is 0 Å². The van der Waals surface area contributed by atoms with Crippen molar-refractivity contribution in [3.63, 3.8) is 0 Å². The highest BCUT2D eigenvalue weighted by Crippen LogP contribution is 2.30. The van der Waals surface area contributed by atoms with Gasteiger partial charge in [0.25, 0.3) is 0 Å². The summed E-state index contributed by atoms with van der Waals surface area (Å²) in [6.45, 7) is 1.75. The minimum atomic E-state index is -3.85. The average Bonchev–Trinajstić information content (AvgIpc) is 3.54. The van der Waals surface area contributed by atoms with Gasteiger partial charge in [-0.1, -0.05) is 29.5 Å². The molecule has 1 saturated heterocycles. The van der Waals surface area contributed by atoms with E-state index in [2.05, 4.69) is 20.4 Å². The van der Waals surface area contributed by atoms with Gasteiger partial charge < -0.3 is 25.5 Å². The molecule has 2 heterocycles. The number of rotatable bonds is 16. The van der Waals surface area contributed by atoms with Gasteiger partial charge in [0.1, 0.15) is 5.69 Å². The number of carboxylic acid groups (broad SMARTS) is 3. The monoisotopic (exact) mass is 760 g/mol. The zero-order valence-electron chi connectivity index (χ0n) is 29.9. The van der Waals surface area contributed by atoms with Crippen LogP contribution in [0.25, 0.3) is 10.8 Å². The molecule has 1 amide bonds. The predicted molar refractivity (Wildman–Crippen MR) is 194 cm³/mol. The summed E-state index contributed by atoms with van der Waals surface area (Å²) in [5.74, 6) is -3.44. The smallest absolute Gasteiger partial charge is 0.317 e. The van der Waals surface area contributed by atoms with Crippen molar-refractivity contribution >= 4 is 50.3 Å². The maximum atomic E-state index is 13.3. The molecule has 0 unspecified atom stereocenters. The molecule has 0 spiro atoms. The number of carbonyl (C=O) groups is 4. The van der Waals surface area contributed by atoms with Crippen LogP contribution < -0.4 is 14.9 Å². The number of benzene rings is 2. The van der Waals surface area contributed by atoms with Crippen molar-refractivity contribution in [2.24, 2.45) is 0 Å². The maximum absolute atomic E-state index is 13.3. The van der Waals surface area contributed by atoms with Crippen molar-refractivity contribution in [1.82, 2.24) is 44.6 Å². The van der Waals surface area contributed by atoms with Crippen LogP contribution in [0.1, 0.15) is 5.69 Å². The first kappa shape index (κ1) is 41.0. The molecule has 0 atom stereocenters. The number of hydrogen-bond donors (Lipinski definition) is 5. The standard InChI is InChI=1S/C33H48N10O9S/c1-38(2)28-7-3-6-27-26(28)5-4-8-29(27)53(51,52)35-9-10-43-20-25(36-37-43)19-34-30(44)21-39-11-13-40(22-31(45)46)15-17-42(24-33(49)50)18-16-41(14-12-39)23-32(47)48/h3-8,20,35H,9-19,21-24H2,1-2H3,(H,34,44)(H,45,46)(H,47,48)(H,49,50). The van der Waals surface area contributed by atoms with E-state index in [0.29, 0.717) is 24.2 Å². The fourth-order valence-electron chi connectivity index (χ4n) is 6.02. The van der Waals surface area contributed by atoms with Gasteiger partial charge in [-0.3, -0.25) is 43.5 Å². The Hall–Kier alpha value is -4.73. The first-order valence-corrected chi connectivity index (χ1v) is 18.6. The van der Waals surface area contributed by atoms with Crippen LogP contribution in [-0.4, -0.2) is 181 Å². The minimum Gasteiger partial charge on any atom is -0.480 e. The SMILES string of the molecule is CN(C)c1cccc2c(S(=O)(=O)NCCn3cc(CNC(=O)CN4CCN(CC(=O)O)CCN(CC(=O)O)CCN(CC(=O)O)CC4)nn3)cccc12. The molecule has 0 aliphatic carbocycles. The molecule has 0 radical (unpaired) electrons. The number of carboxylic acids is 3. The van der Waals surface area contributed by atoms with Crippen LogP contribution in [0.4, 0.5) is 5.69 Å². The van der Waals surface area contributed by atoms with Gasteiger partial charge in [0, 0.05) is 89.5 Å². The quantitative estimate of drug-likeness (QED) is 0.113. The van der Waals surface area contributed by atoms with E-state index in [0.717, 1.165) is 11.1 Å². The fraction of sp³-hybridized carbons (Fsp3) is 0.515. The third-order valence-electron chi connectivity index (χ3n) is 8.69. The van der Waals surface area contributed by atoms with Gasteiger partial charge >= 0.3 is 17.9 Å². The molecule has 2 aromatic carbocycles. The Bertz CT molecular complexity index is 1810. The Labute approximate surface area is 307 Å². The third-order valence-corrected chi connectivity index (χ3v) is 10.2. The number of nitrogens with one attached hydrogen (secondary N) is 2. The second-order valence-electron chi connectivity index (χ2n) is 13.0. The summed E-state index contributed by atoms with van der Waals surface area (Å²) in [5, 5.41) is 40.5. The highest BCUT2D eigenvalue weighted by Gasteiger charge is 2.22. The van der Waals surface area contributed by atoms with Crippen molar-refractivity contribution < 1.29 is 42.9 Å². The van der Waals surface area contributed by atoms with Crippen molar-refractivity contribution in [2.75, 3.05) is 104 Å². The number of hydrogen-bond acceptors (Lipinski definition) is 13. The Kier molecular flexibility index (Phi) is 15.0. The Balaban J connectivity index is 1.32. The van der Waals surface area contributed by atoms with E-state index in [1.807, 2.05) is 42.1 Å². The molecule has 53 heavy (non-hydrogen) atoms. The van der Waals surface area contributed by atoms with Gasteiger partial charge in [-0.15, -0.1) is 5.10 Å². The molecule has 4 rings (SSSR count). The number of aliphatic carboxylic acids is 3. The van der Waals surface area contributed by atoms with Gasteiger partial charge in [0.05, 0.1) is 50.4 Å². The minimum absolute atomic E-state index is 0.0472. The summed E-state index contributed by atoms with van der Waals surface area (Å²) in [5.41, 5.74) is 1.35. The summed E-state index contributed by atoms with van der Waals surface area (Å²) < 4.78 is 30.6. The van der Waals surface area contributed by atoms with Gasteiger partial charge in [0.2, 0.25) is 15.9 Å². The maximum Gasteiger partial charge on any atom is 0.317 e. The van der Waals surface area contributed by atoms with Gasteiger partial charge in [-0.25, -0.2) is 13.1 Å². The number of carbonyl (C=O) groups excluding carboxylic acids is 1. The summed E-state index contributed by atoms with van der Waals surface area (Å²) >= 11 is 0. The third kappa shape index (κ3) is 13.0. The van der Waals surface area contributed by atoms with Crippen molar-refractivity contribution in [2.45, 2.75) is 18.0 Å². The Morgan fingerprint density at radius 1 is 0.736 bits per heavy atom. The Morgan fingerprint density at radius 2 is 1.23 bits per heavy atom. The normalized spacial score (nSPS) is 16.1. The topological polar surface area (TPSA) is 234 Å². The van der Waals surface area contributed by atoms with Crippen molar-refractivity contribution in [1.29, 1.82) is 0 Å². The van der Waals surface area contributed by atoms with E-state index < -0.39 is 27.9 Å². The number of fused-ring (bicyclic) bond motifs is 1. The molecular weight excluding hydrogens is 712 g/mol. The van der Waals surface area contributed by atoms with E-state index in [9.17, 15) is 42.9 Å². The van der Waals surface area contributed by atoms with Crippen LogP contribution in [-0.2, 0) is 42.3 Å². The number of anilines is 1. The largest absolute Gasteiger partial charge is 0.480 e. The van der Waals surface area contributed by atoms with Crippen molar-refractivity contribution in [3.05, 3.63) is 48.3 Å². The fourth-order valence-corrected chi connectivity index (χ4v) is 7.26. The molecule has 1 aliphatic heterocycles. The summed E-state index contributed by atoms with van der Waals surface area (Å²) in [6.07, 6.45) is 1.60. The highest BCUT2D eigenvalue weighted by atomic mass is 32.2. The molecule has 0 bridgehead atoms. The van der Waals surface area contributed by atoms with Crippen LogP contribution in [0.15, 0.2) is 47.5 Å².